The third-order valence-corrected chi connectivity index (χ3v) is 4.59. The molecule has 1 saturated heterocycles. The van der Waals surface area contributed by atoms with E-state index in [1.54, 1.807) is 6.92 Å². The zero-order chi connectivity index (χ0) is 15.5. The van der Waals surface area contributed by atoms with E-state index in [4.69, 9.17) is 4.74 Å². The Morgan fingerprint density at radius 3 is 2.95 bits per heavy atom. The van der Waals surface area contributed by atoms with E-state index in [-0.39, 0.29) is 18.8 Å². The van der Waals surface area contributed by atoms with Crippen LogP contribution in [0.5, 0.6) is 0 Å². The first kappa shape index (κ1) is 15.6. The van der Waals surface area contributed by atoms with Crippen molar-refractivity contribution in [2.75, 3.05) is 17.9 Å². The SMILES string of the molecule is CCOC(=O)C1CCCN1S(=O)(=O)Nc1ccc(F)nc1. The maximum absolute atomic E-state index is 12.7. The van der Waals surface area contributed by atoms with Crippen molar-refractivity contribution in [2.24, 2.45) is 0 Å². The van der Waals surface area contributed by atoms with Crippen LogP contribution in [0.25, 0.3) is 0 Å². The number of pyridine rings is 1. The Bertz CT molecular complexity index is 605. The van der Waals surface area contributed by atoms with Gasteiger partial charge in [-0.05, 0) is 31.9 Å². The van der Waals surface area contributed by atoms with E-state index in [1.165, 1.54) is 6.07 Å². The van der Waals surface area contributed by atoms with E-state index in [0.717, 1.165) is 16.6 Å². The normalized spacial score (nSPS) is 19.4. The van der Waals surface area contributed by atoms with Gasteiger partial charge in [-0.2, -0.15) is 17.1 Å². The monoisotopic (exact) mass is 317 g/mol. The van der Waals surface area contributed by atoms with Gasteiger partial charge >= 0.3 is 16.2 Å². The van der Waals surface area contributed by atoms with Crippen molar-refractivity contribution in [3.05, 3.63) is 24.3 Å². The second kappa shape index (κ2) is 6.35. The maximum atomic E-state index is 12.7. The number of ether oxygens (including phenoxy) is 1. The molecule has 2 rings (SSSR count). The van der Waals surface area contributed by atoms with Gasteiger partial charge in [0.15, 0.2) is 0 Å². The van der Waals surface area contributed by atoms with Crippen LogP contribution in [0.3, 0.4) is 0 Å². The van der Waals surface area contributed by atoms with Crippen molar-refractivity contribution in [1.29, 1.82) is 0 Å². The minimum Gasteiger partial charge on any atom is -0.465 e. The minimum absolute atomic E-state index is 0.130. The molecule has 116 valence electrons. The van der Waals surface area contributed by atoms with Crippen LogP contribution in [0, 0.1) is 5.95 Å². The van der Waals surface area contributed by atoms with Gasteiger partial charge in [0.2, 0.25) is 5.95 Å². The lowest BCUT2D eigenvalue weighted by atomic mass is 10.2. The third kappa shape index (κ3) is 3.67. The van der Waals surface area contributed by atoms with Crippen molar-refractivity contribution >= 4 is 21.9 Å². The highest BCUT2D eigenvalue weighted by atomic mass is 32.2. The molecule has 2 heterocycles. The molecule has 1 fully saturated rings. The van der Waals surface area contributed by atoms with Gasteiger partial charge in [-0.25, -0.2) is 4.98 Å². The summed E-state index contributed by atoms with van der Waals surface area (Å²) in [5.41, 5.74) is 0.130. The Morgan fingerprint density at radius 1 is 1.57 bits per heavy atom. The Morgan fingerprint density at radius 2 is 2.33 bits per heavy atom. The van der Waals surface area contributed by atoms with Crippen molar-refractivity contribution in [1.82, 2.24) is 9.29 Å². The Balaban J connectivity index is 2.14. The average molecular weight is 317 g/mol. The van der Waals surface area contributed by atoms with Gasteiger partial charge in [-0.3, -0.25) is 9.52 Å². The predicted molar refractivity (Wildman–Crippen MR) is 73.1 cm³/mol. The highest BCUT2D eigenvalue weighted by molar-refractivity contribution is 7.90. The second-order valence-corrected chi connectivity index (χ2v) is 6.12. The molecule has 7 nitrogen and oxygen atoms in total. The fraction of sp³-hybridized carbons (Fsp3) is 0.500. The second-order valence-electron chi connectivity index (χ2n) is 4.50. The van der Waals surface area contributed by atoms with E-state index >= 15 is 0 Å². The van der Waals surface area contributed by atoms with Crippen LogP contribution < -0.4 is 4.72 Å². The smallest absolute Gasteiger partial charge is 0.324 e. The van der Waals surface area contributed by atoms with E-state index in [0.29, 0.717) is 12.8 Å². The van der Waals surface area contributed by atoms with Crippen LogP contribution in [-0.4, -0.2) is 42.9 Å². The summed E-state index contributed by atoms with van der Waals surface area (Å²) in [4.78, 5) is 15.2. The maximum Gasteiger partial charge on any atom is 0.324 e. The number of anilines is 1. The number of nitrogens with zero attached hydrogens (tertiary/aromatic N) is 2. The van der Waals surface area contributed by atoms with Crippen LogP contribution >= 0.6 is 0 Å². The molecule has 21 heavy (non-hydrogen) atoms. The molecule has 1 unspecified atom stereocenters. The van der Waals surface area contributed by atoms with Gasteiger partial charge in [0.1, 0.15) is 6.04 Å². The zero-order valence-electron chi connectivity index (χ0n) is 11.5. The summed E-state index contributed by atoms with van der Waals surface area (Å²) in [5.74, 6) is -1.26. The summed E-state index contributed by atoms with van der Waals surface area (Å²) in [7, 11) is -3.92. The van der Waals surface area contributed by atoms with Gasteiger partial charge in [0, 0.05) is 6.54 Å². The van der Waals surface area contributed by atoms with E-state index in [2.05, 4.69) is 9.71 Å². The minimum atomic E-state index is -3.92. The van der Waals surface area contributed by atoms with E-state index < -0.39 is 28.2 Å². The van der Waals surface area contributed by atoms with Gasteiger partial charge in [0.25, 0.3) is 0 Å². The predicted octanol–water partition coefficient (Wildman–Crippen LogP) is 0.905. The number of rotatable bonds is 5. The molecular formula is C12H16FN3O4S. The lowest BCUT2D eigenvalue weighted by Crippen LogP contribution is -2.44. The number of esters is 1. The molecule has 0 radical (unpaired) electrons. The van der Waals surface area contributed by atoms with Crippen molar-refractivity contribution < 1.29 is 22.3 Å². The lowest BCUT2D eigenvalue weighted by Gasteiger charge is -2.22. The first-order valence-corrected chi connectivity index (χ1v) is 7.96. The molecule has 1 aliphatic heterocycles. The first-order chi connectivity index (χ1) is 9.94. The molecular weight excluding hydrogens is 301 g/mol. The third-order valence-electron chi connectivity index (χ3n) is 3.05. The zero-order valence-corrected chi connectivity index (χ0v) is 12.3. The number of carbonyl (C=O) groups is 1. The molecule has 0 aromatic carbocycles. The molecule has 1 aromatic rings. The molecule has 1 aromatic heterocycles. The van der Waals surface area contributed by atoms with Crippen LogP contribution in [-0.2, 0) is 19.7 Å². The topological polar surface area (TPSA) is 88.6 Å². The Labute approximate surface area is 122 Å². The summed E-state index contributed by atoms with van der Waals surface area (Å²) in [6, 6.07) is 1.48. The molecule has 0 saturated carbocycles. The molecule has 0 bridgehead atoms. The fourth-order valence-electron chi connectivity index (χ4n) is 2.15. The van der Waals surface area contributed by atoms with Crippen molar-refractivity contribution in [3.8, 4) is 0 Å². The Hall–Kier alpha value is -1.74. The summed E-state index contributed by atoms with van der Waals surface area (Å²) in [6.07, 6.45) is 2.07. The van der Waals surface area contributed by atoms with E-state index in [1.807, 2.05) is 0 Å². The Kier molecular flexibility index (Phi) is 4.73. The van der Waals surface area contributed by atoms with E-state index in [9.17, 15) is 17.6 Å². The molecule has 0 spiro atoms. The number of hydrogen-bond acceptors (Lipinski definition) is 5. The van der Waals surface area contributed by atoms with Crippen LogP contribution in [0.4, 0.5) is 10.1 Å². The molecule has 1 aliphatic rings. The average Bonchev–Trinajstić information content (AvgIpc) is 2.92. The lowest BCUT2D eigenvalue weighted by molar-refractivity contribution is -0.146. The molecule has 9 heteroatoms. The fourth-order valence-corrected chi connectivity index (χ4v) is 3.58. The largest absolute Gasteiger partial charge is 0.465 e. The summed E-state index contributed by atoms with van der Waals surface area (Å²) in [5, 5.41) is 0. The molecule has 1 N–H and O–H groups in total. The van der Waals surface area contributed by atoms with Gasteiger partial charge in [0.05, 0.1) is 18.5 Å². The standard InChI is InChI=1S/C12H16FN3O4S/c1-2-20-12(17)10-4-3-7-16(10)21(18,19)15-9-5-6-11(13)14-8-9/h5-6,8,10,15H,2-4,7H2,1H3. The highest BCUT2D eigenvalue weighted by Gasteiger charge is 2.39. The number of aromatic nitrogens is 1. The molecule has 1 atom stereocenters. The first-order valence-electron chi connectivity index (χ1n) is 6.52. The summed E-state index contributed by atoms with van der Waals surface area (Å²) >= 11 is 0. The van der Waals surface area contributed by atoms with Gasteiger partial charge < -0.3 is 4.74 Å². The summed E-state index contributed by atoms with van der Waals surface area (Å²) in [6.45, 7) is 2.08. The van der Waals surface area contributed by atoms with Crippen LogP contribution in [0.1, 0.15) is 19.8 Å². The highest BCUT2D eigenvalue weighted by Crippen LogP contribution is 2.23. The van der Waals surface area contributed by atoms with Crippen LogP contribution in [0.15, 0.2) is 18.3 Å². The number of hydrogen-bond donors (Lipinski definition) is 1. The number of nitrogens with one attached hydrogen (secondary N) is 1. The van der Waals surface area contributed by atoms with Gasteiger partial charge in [-0.1, -0.05) is 0 Å². The molecule has 0 amide bonds. The van der Waals surface area contributed by atoms with Gasteiger partial charge in [-0.15, -0.1) is 0 Å². The number of carbonyl (C=O) groups excluding carboxylic acids is 1. The summed E-state index contributed by atoms with van der Waals surface area (Å²) < 4.78 is 45.5. The van der Waals surface area contributed by atoms with Crippen molar-refractivity contribution in [2.45, 2.75) is 25.8 Å². The quantitative estimate of drug-likeness (QED) is 0.644. The van der Waals surface area contributed by atoms with Crippen molar-refractivity contribution in [3.63, 3.8) is 0 Å². The van der Waals surface area contributed by atoms with Crippen LogP contribution in [0.2, 0.25) is 0 Å². The number of halogens is 1. The molecule has 0 aliphatic carbocycles.